The fourth-order valence-electron chi connectivity index (χ4n) is 3.17. The largest absolute Gasteiger partial charge is 0.376 e. The lowest BCUT2D eigenvalue weighted by Gasteiger charge is -2.25. The van der Waals surface area contributed by atoms with E-state index in [0.717, 1.165) is 30.0 Å². The first-order valence-corrected chi connectivity index (χ1v) is 9.42. The van der Waals surface area contributed by atoms with Crippen molar-refractivity contribution in [3.8, 4) is 0 Å². The maximum atomic E-state index is 4.72. The number of hydrogen-bond donors (Lipinski definition) is 2. The van der Waals surface area contributed by atoms with Gasteiger partial charge in [0, 0.05) is 17.9 Å². The molecule has 2 aromatic rings. The molecule has 3 heteroatoms. The van der Waals surface area contributed by atoms with Gasteiger partial charge in [0.25, 0.3) is 0 Å². The Morgan fingerprint density at radius 2 is 1.92 bits per heavy atom. The molecule has 1 aliphatic rings. The Morgan fingerprint density at radius 1 is 1.12 bits per heavy atom. The van der Waals surface area contributed by atoms with E-state index in [2.05, 4.69) is 93.0 Å². The van der Waals surface area contributed by atoms with Crippen LogP contribution in [-0.4, -0.2) is 11.0 Å². The summed E-state index contributed by atoms with van der Waals surface area (Å²) in [6, 6.07) is 11.0. The summed E-state index contributed by atoms with van der Waals surface area (Å²) in [5, 5.41) is 7.21. The highest BCUT2D eigenvalue weighted by molar-refractivity contribution is 5.73. The minimum Gasteiger partial charge on any atom is -0.376 e. The Balaban J connectivity index is 1.92. The summed E-state index contributed by atoms with van der Waals surface area (Å²) >= 11 is 0. The average Bonchev–Trinajstić information content (AvgIpc) is 2.63. The number of para-hydroxylation sites is 1. The van der Waals surface area contributed by atoms with Crippen LogP contribution in [0.4, 0.5) is 17.2 Å². The molecule has 1 atom stereocenters. The van der Waals surface area contributed by atoms with Gasteiger partial charge in [-0.25, -0.2) is 4.98 Å². The van der Waals surface area contributed by atoms with Crippen molar-refractivity contribution in [3.63, 3.8) is 0 Å². The summed E-state index contributed by atoms with van der Waals surface area (Å²) in [5.74, 6) is 0.877. The highest BCUT2D eigenvalue weighted by atomic mass is 15.1. The van der Waals surface area contributed by atoms with E-state index in [1.807, 2.05) is 6.20 Å². The van der Waals surface area contributed by atoms with Crippen LogP contribution in [0.1, 0.15) is 45.2 Å². The number of nitrogens with one attached hydrogen (secondary N) is 2. The lowest BCUT2D eigenvalue weighted by molar-refractivity contribution is 0.592. The standard InChI is InChI=1S/C23H29N3/c1-5-17-15-21(25-18-11-7-6-8-12-18)22(24-16-17)26-20-14-10-9-13-19(20)23(2,3)4/h6-11,13-16,18,25H,5,12H2,1-4H3,(H,24,26). The molecule has 0 aliphatic heterocycles. The minimum absolute atomic E-state index is 0.0669. The van der Waals surface area contributed by atoms with Gasteiger partial charge in [0.05, 0.1) is 5.69 Å². The Hall–Kier alpha value is -2.55. The van der Waals surface area contributed by atoms with Crippen molar-refractivity contribution in [1.82, 2.24) is 4.98 Å². The van der Waals surface area contributed by atoms with Crippen LogP contribution in [0.3, 0.4) is 0 Å². The van der Waals surface area contributed by atoms with Crippen molar-refractivity contribution in [3.05, 3.63) is 72.0 Å². The van der Waals surface area contributed by atoms with Crippen molar-refractivity contribution < 1.29 is 0 Å². The molecule has 0 amide bonds. The fraction of sp³-hybridized carbons (Fsp3) is 0.348. The summed E-state index contributed by atoms with van der Waals surface area (Å²) in [6.07, 6.45) is 12.5. The SMILES string of the molecule is CCc1cnc(Nc2ccccc2C(C)(C)C)c(NC2C=CC=CC2)c1. The van der Waals surface area contributed by atoms with Crippen molar-refractivity contribution in [2.45, 2.75) is 52.0 Å². The topological polar surface area (TPSA) is 37.0 Å². The quantitative estimate of drug-likeness (QED) is 0.698. The second kappa shape index (κ2) is 7.77. The van der Waals surface area contributed by atoms with Gasteiger partial charge < -0.3 is 10.6 Å². The molecule has 1 aliphatic carbocycles. The van der Waals surface area contributed by atoms with E-state index < -0.39 is 0 Å². The molecular weight excluding hydrogens is 318 g/mol. The molecule has 2 N–H and O–H groups in total. The minimum atomic E-state index is 0.0669. The molecule has 0 bridgehead atoms. The lowest BCUT2D eigenvalue weighted by Crippen LogP contribution is -2.19. The summed E-state index contributed by atoms with van der Waals surface area (Å²) < 4.78 is 0. The molecule has 3 nitrogen and oxygen atoms in total. The first kappa shape index (κ1) is 18.2. The zero-order valence-corrected chi connectivity index (χ0v) is 16.2. The van der Waals surface area contributed by atoms with Crippen molar-refractivity contribution in [2.24, 2.45) is 0 Å². The predicted octanol–water partition coefficient (Wildman–Crippen LogP) is 5.98. The van der Waals surface area contributed by atoms with Crippen LogP contribution in [0.15, 0.2) is 60.8 Å². The summed E-state index contributed by atoms with van der Waals surface area (Å²) in [7, 11) is 0. The maximum Gasteiger partial charge on any atom is 0.153 e. The number of allylic oxidation sites excluding steroid dienone is 2. The van der Waals surface area contributed by atoms with Gasteiger partial charge in [-0.15, -0.1) is 0 Å². The molecule has 0 saturated carbocycles. The molecule has 1 heterocycles. The smallest absolute Gasteiger partial charge is 0.153 e. The number of anilines is 3. The first-order valence-electron chi connectivity index (χ1n) is 9.42. The maximum absolute atomic E-state index is 4.72. The van der Waals surface area contributed by atoms with Crippen LogP contribution >= 0.6 is 0 Å². The number of aryl methyl sites for hydroxylation is 1. The molecule has 0 saturated heterocycles. The second-order valence-electron chi connectivity index (χ2n) is 7.81. The number of rotatable bonds is 5. The molecule has 1 aromatic heterocycles. The van der Waals surface area contributed by atoms with Gasteiger partial charge in [0.2, 0.25) is 0 Å². The van der Waals surface area contributed by atoms with Crippen LogP contribution in [0.2, 0.25) is 0 Å². The van der Waals surface area contributed by atoms with Crippen LogP contribution in [-0.2, 0) is 11.8 Å². The highest BCUT2D eigenvalue weighted by Gasteiger charge is 2.19. The van der Waals surface area contributed by atoms with Gasteiger partial charge in [0.15, 0.2) is 5.82 Å². The Bertz CT molecular complexity index is 812. The second-order valence-corrected chi connectivity index (χ2v) is 7.81. The molecule has 0 radical (unpaired) electrons. The Kier molecular flexibility index (Phi) is 5.46. The van der Waals surface area contributed by atoms with Gasteiger partial charge in [0.1, 0.15) is 0 Å². The first-order chi connectivity index (χ1) is 12.5. The number of aromatic nitrogens is 1. The van der Waals surface area contributed by atoms with Crippen molar-refractivity contribution in [2.75, 3.05) is 10.6 Å². The molecule has 1 aromatic carbocycles. The van der Waals surface area contributed by atoms with Crippen molar-refractivity contribution >= 4 is 17.2 Å². The third kappa shape index (κ3) is 4.34. The normalized spacial score (nSPS) is 16.5. The van der Waals surface area contributed by atoms with E-state index in [-0.39, 0.29) is 5.41 Å². The van der Waals surface area contributed by atoms with Crippen molar-refractivity contribution in [1.29, 1.82) is 0 Å². The monoisotopic (exact) mass is 347 g/mol. The van der Waals surface area contributed by atoms with Gasteiger partial charge in [-0.05, 0) is 41.5 Å². The Morgan fingerprint density at radius 3 is 2.62 bits per heavy atom. The number of pyridine rings is 1. The summed E-state index contributed by atoms with van der Waals surface area (Å²) in [6.45, 7) is 8.87. The van der Waals surface area contributed by atoms with E-state index in [0.29, 0.717) is 6.04 Å². The zero-order chi connectivity index (χ0) is 18.6. The van der Waals surface area contributed by atoms with E-state index in [4.69, 9.17) is 4.98 Å². The number of hydrogen-bond acceptors (Lipinski definition) is 3. The molecule has 0 spiro atoms. The summed E-state index contributed by atoms with van der Waals surface area (Å²) in [5.41, 5.74) is 4.75. The van der Waals surface area contributed by atoms with E-state index in [1.165, 1.54) is 11.1 Å². The third-order valence-electron chi connectivity index (χ3n) is 4.66. The fourth-order valence-corrected chi connectivity index (χ4v) is 3.17. The lowest BCUT2D eigenvalue weighted by atomic mass is 9.86. The Labute approximate surface area is 157 Å². The van der Waals surface area contributed by atoms with Crippen LogP contribution in [0.25, 0.3) is 0 Å². The zero-order valence-electron chi connectivity index (χ0n) is 16.2. The molecule has 3 rings (SSSR count). The van der Waals surface area contributed by atoms with Gasteiger partial charge in [-0.3, -0.25) is 0 Å². The number of benzene rings is 1. The predicted molar refractivity (Wildman–Crippen MR) is 112 cm³/mol. The number of nitrogens with zero attached hydrogens (tertiary/aromatic N) is 1. The molecule has 1 unspecified atom stereocenters. The van der Waals surface area contributed by atoms with E-state index in [1.54, 1.807) is 0 Å². The van der Waals surface area contributed by atoms with Crippen LogP contribution in [0, 0.1) is 0 Å². The average molecular weight is 348 g/mol. The third-order valence-corrected chi connectivity index (χ3v) is 4.66. The molecule has 26 heavy (non-hydrogen) atoms. The molecule has 136 valence electrons. The van der Waals surface area contributed by atoms with Gasteiger partial charge >= 0.3 is 0 Å². The molecular formula is C23H29N3. The van der Waals surface area contributed by atoms with E-state index in [9.17, 15) is 0 Å². The van der Waals surface area contributed by atoms with Gasteiger partial charge in [-0.1, -0.05) is 70.2 Å². The molecule has 0 fully saturated rings. The summed E-state index contributed by atoms with van der Waals surface area (Å²) in [4.78, 5) is 4.72. The van der Waals surface area contributed by atoms with Gasteiger partial charge in [-0.2, -0.15) is 0 Å². The van der Waals surface area contributed by atoms with Crippen LogP contribution < -0.4 is 10.6 Å². The van der Waals surface area contributed by atoms with E-state index >= 15 is 0 Å². The van der Waals surface area contributed by atoms with Crippen LogP contribution in [0.5, 0.6) is 0 Å². The highest BCUT2D eigenvalue weighted by Crippen LogP contribution is 2.33.